The number of para-hydroxylation sites is 1. The Balaban J connectivity index is 2.41. The van der Waals surface area contributed by atoms with Crippen LogP contribution in [0.25, 0.3) is 0 Å². The molecule has 2 rings (SSSR count). The minimum atomic E-state index is -0.222. The van der Waals surface area contributed by atoms with Gasteiger partial charge in [0.2, 0.25) is 0 Å². The zero-order chi connectivity index (χ0) is 15.4. The van der Waals surface area contributed by atoms with Gasteiger partial charge in [0.25, 0.3) is 5.91 Å². The highest BCUT2D eigenvalue weighted by atomic mass is 32.1. The summed E-state index contributed by atoms with van der Waals surface area (Å²) in [6.45, 7) is 0. The van der Waals surface area contributed by atoms with Crippen LogP contribution in [0.4, 0.5) is 5.69 Å². The van der Waals surface area contributed by atoms with Gasteiger partial charge < -0.3 is 20.6 Å². The van der Waals surface area contributed by atoms with Gasteiger partial charge >= 0.3 is 0 Å². The molecular formula is C14H15N3O3S. The maximum Gasteiger partial charge on any atom is 0.271 e. The molecule has 0 fully saturated rings. The number of hydrogen-bond acceptors (Lipinski definition) is 5. The molecule has 1 aromatic carbocycles. The number of hydrogen-bond donors (Lipinski definition) is 2. The summed E-state index contributed by atoms with van der Waals surface area (Å²) in [6.07, 6.45) is 0. The highest BCUT2D eigenvalue weighted by Crippen LogP contribution is 2.28. The van der Waals surface area contributed by atoms with Crippen molar-refractivity contribution in [2.24, 2.45) is 10.9 Å². The van der Waals surface area contributed by atoms with Gasteiger partial charge in [-0.05, 0) is 23.6 Å². The molecule has 0 atom stereocenters. The van der Waals surface area contributed by atoms with Crippen LogP contribution in [-0.2, 0) is 0 Å². The lowest BCUT2D eigenvalue weighted by atomic mass is 10.1. The number of rotatable bonds is 4. The number of methoxy groups -OCH3 is 1. The van der Waals surface area contributed by atoms with Gasteiger partial charge in [0.15, 0.2) is 5.84 Å². The van der Waals surface area contributed by atoms with Crippen molar-refractivity contribution >= 4 is 28.8 Å². The Kier molecular flexibility index (Phi) is 4.44. The van der Waals surface area contributed by atoms with Crippen LogP contribution in [0.3, 0.4) is 0 Å². The van der Waals surface area contributed by atoms with E-state index >= 15 is 0 Å². The maximum atomic E-state index is 12.6. The lowest BCUT2D eigenvalue weighted by molar-refractivity contribution is 0.0994. The van der Waals surface area contributed by atoms with Crippen molar-refractivity contribution in [1.82, 2.24) is 0 Å². The fraction of sp³-hybridized carbons (Fsp3) is 0.143. The van der Waals surface area contributed by atoms with E-state index in [0.717, 1.165) is 0 Å². The summed E-state index contributed by atoms with van der Waals surface area (Å²) < 4.78 is 5.17. The summed E-state index contributed by atoms with van der Waals surface area (Å²) in [6, 6.07) is 8.67. The zero-order valence-electron chi connectivity index (χ0n) is 11.6. The van der Waals surface area contributed by atoms with Crippen LogP contribution in [0.5, 0.6) is 5.75 Å². The molecule has 1 amide bonds. The fourth-order valence-electron chi connectivity index (χ4n) is 1.91. The Morgan fingerprint density at radius 3 is 2.76 bits per heavy atom. The Bertz CT molecular complexity index is 682. The summed E-state index contributed by atoms with van der Waals surface area (Å²) in [7, 11) is 3.15. The van der Waals surface area contributed by atoms with E-state index in [1.807, 2.05) is 0 Å². The number of carbonyl (C=O) groups excluding carboxylic acids is 1. The van der Waals surface area contributed by atoms with Crippen molar-refractivity contribution in [2.45, 2.75) is 0 Å². The predicted molar refractivity (Wildman–Crippen MR) is 82.6 cm³/mol. The van der Waals surface area contributed by atoms with E-state index in [4.69, 9.17) is 15.7 Å². The largest absolute Gasteiger partial charge is 0.495 e. The first kappa shape index (κ1) is 14.9. The number of nitrogens with zero attached hydrogens (tertiary/aromatic N) is 2. The second kappa shape index (κ2) is 6.27. The smallest absolute Gasteiger partial charge is 0.271 e. The van der Waals surface area contributed by atoms with Crippen LogP contribution in [0.1, 0.15) is 15.2 Å². The van der Waals surface area contributed by atoms with Crippen molar-refractivity contribution in [3.05, 3.63) is 46.2 Å². The number of thiophene rings is 1. The first-order valence-corrected chi connectivity index (χ1v) is 6.94. The summed E-state index contributed by atoms with van der Waals surface area (Å²) in [5.74, 6) is 0.251. The number of benzene rings is 1. The molecule has 7 heteroatoms. The molecule has 0 saturated heterocycles. The fourth-order valence-corrected chi connectivity index (χ4v) is 2.75. The monoisotopic (exact) mass is 305 g/mol. The lowest BCUT2D eigenvalue weighted by Gasteiger charge is -2.20. The number of oxime groups is 1. The molecule has 0 bridgehead atoms. The highest BCUT2D eigenvalue weighted by molar-refractivity contribution is 7.12. The SMILES string of the molecule is COc1ccsc1C(=O)N(C)c1ccccc1/C(N)=N/O. The third-order valence-corrected chi connectivity index (χ3v) is 3.88. The second-order valence-corrected chi connectivity index (χ2v) is 5.10. The molecule has 3 N–H and O–H groups in total. The number of amides is 1. The van der Waals surface area contributed by atoms with E-state index in [1.165, 1.54) is 23.3 Å². The van der Waals surface area contributed by atoms with E-state index in [1.54, 1.807) is 42.8 Å². The van der Waals surface area contributed by atoms with E-state index in [9.17, 15) is 4.79 Å². The van der Waals surface area contributed by atoms with Gasteiger partial charge in [0, 0.05) is 12.6 Å². The van der Waals surface area contributed by atoms with Crippen LogP contribution >= 0.6 is 11.3 Å². The van der Waals surface area contributed by atoms with Gasteiger partial charge in [-0.15, -0.1) is 11.3 Å². The average molecular weight is 305 g/mol. The van der Waals surface area contributed by atoms with Gasteiger partial charge in [-0.1, -0.05) is 17.3 Å². The molecule has 0 aliphatic carbocycles. The quantitative estimate of drug-likeness (QED) is 0.392. The standard InChI is InChI=1S/C14H15N3O3S/c1-17(14(18)12-11(20-2)7-8-21-12)10-6-4-3-5-9(10)13(15)16-19/h3-8,19H,1-2H3,(H2,15,16). The van der Waals surface area contributed by atoms with Crippen molar-refractivity contribution in [1.29, 1.82) is 0 Å². The molecule has 1 aromatic heterocycles. The third kappa shape index (κ3) is 2.82. The van der Waals surface area contributed by atoms with Crippen LogP contribution in [0.15, 0.2) is 40.9 Å². The highest BCUT2D eigenvalue weighted by Gasteiger charge is 2.21. The van der Waals surface area contributed by atoms with Gasteiger partial charge in [0.1, 0.15) is 10.6 Å². The van der Waals surface area contributed by atoms with Crippen molar-refractivity contribution in [3.63, 3.8) is 0 Å². The zero-order valence-corrected chi connectivity index (χ0v) is 12.4. The molecule has 0 radical (unpaired) electrons. The molecule has 110 valence electrons. The topological polar surface area (TPSA) is 88.2 Å². The van der Waals surface area contributed by atoms with E-state index in [-0.39, 0.29) is 11.7 Å². The van der Waals surface area contributed by atoms with Gasteiger partial charge in [-0.3, -0.25) is 4.79 Å². The van der Waals surface area contributed by atoms with Crippen LogP contribution in [-0.4, -0.2) is 31.1 Å². The minimum Gasteiger partial charge on any atom is -0.495 e. The molecule has 1 heterocycles. The number of amidine groups is 1. The molecular weight excluding hydrogens is 290 g/mol. The molecule has 0 aliphatic rings. The average Bonchev–Trinajstić information content (AvgIpc) is 3.01. The summed E-state index contributed by atoms with van der Waals surface area (Å²) in [5, 5.41) is 13.6. The number of anilines is 1. The second-order valence-electron chi connectivity index (χ2n) is 4.18. The first-order valence-electron chi connectivity index (χ1n) is 6.06. The van der Waals surface area contributed by atoms with Crippen molar-refractivity contribution < 1.29 is 14.7 Å². The predicted octanol–water partition coefficient (Wildman–Crippen LogP) is 2.13. The van der Waals surface area contributed by atoms with Gasteiger partial charge in [0.05, 0.1) is 12.8 Å². The summed E-state index contributed by atoms with van der Waals surface area (Å²) in [4.78, 5) is 14.5. The molecule has 2 aromatic rings. The molecule has 6 nitrogen and oxygen atoms in total. The molecule has 0 aliphatic heterocycles. The minimum absolute atomic E-state index is 0.0524. The molecule has 21 heavy (non-hydrogen) atoms. The van der Waals surface area contributed by atoms with Gasteiger partial charge in [-0.25, -0.2) is 0 Å². The van der Waals surface area contributed by atoms with E-state index in [2.05, 4.69) is 5.16 Å². The summed E-state index contributed by atoms with van der Waals surface area (Å²) in [5.41, 5.74) is 6.68. The van der Waals surface area contributed by atoms with E-state index in [0.29, 0.717) is 21.9 Å². The van der Waals surface area contributed by atoms with Crippen LogP contribution < -0.4 is 15.4 Å². The maximum absolute atomic E-state index is 12.6. The number of ether oxygens (including phenoxy) is 1. The Morgan fingerprint density at radius 2 is 2.10 bits per heavy atom. The third-order valence-electron chi connectivity index (χ3n) is 3.00. The van der Waals surface area contributed by atoms with Gasteiger partial charge in [-0.2, -0.15) is 0 Å². The number of carbonyl (C=O) groups is 1. The molecule has 0 spiro atoms. The summed E-state index contributed by atoms with van der Waals surface area (Å²) >= 11 is 1.30. The van der Waals surface area contributed by atoms with Crippen molar-refractivity contribution in [2.75, 3.05) is 19.1 Å². The van der Waals surface area contributed by atoms with E-state index < -0.39 is 0 Å². The Labute approximate surface area is 126 Å². The molecule has 0 unspecified atom stereocenters. The van der Waals surface area contributed by atoms with Crippen molar-refractivity contribution in [3.8, 4) is 5.75 Å². The Hall–Kier alpha value is -2.54. The van der Waals surface area contributed by atoms with Crippen LogP contribution in [0, 0.1) is 0 Å². The van der Waals surface area contributed by atoms with Crippen LogP contribution in [0.2, 0.25) is 0 Å². The Morgan fingerprint density at radius 1 is 1.38 bits per heavy atom. The lowest BCUT2D eigenvalue weighted by Crippen LogP contribution is -2.28. The number of nitrogens with two attached hydrogens (primary N) is 1. The first-order chi connectivity index (χ1) is 10.1. The normalized spacial score (nSPS) is 11.2. The molecule has 0 saturated carbocycles.